The average molecular weight is 322 g/mol. The minimum absolute atomic E-state index is 0.0807. The first kappa shape index (κ1) is 16.3. The normalized spacial score (nSPS) is 12.3. The van der Waals surface area contributed by atoms with E-state index >= 15 is 0 Å². The van der Waals surface area contributed by atoms with E-state index < -0.39 is 0 Å². The Morgan fingerprint density at radius 1 is 1.36 bits per heavy atom. The third-order valence-corrected chi connectivity index (χ3v) is 2.91. The van der Waals surface area contributed by atoms with Gasteiger partial charge in [0.2, 0.25) is 11.7 Å². The molecule has 0 saturated carbocycles. The zero-order valence-corrected chi connectivity index (χ0v) is 13.9. The van der Waals surface area contributed by atoms with Crippen LogP contribution in [0.1, 0.15) is 26.7 Å². The van der Waals surface area contributed by atoms with Gasteiger partial charge in [0.05, 0.1) is 6.54 Å². The summed E-state index contributed by atoms with van der Waals surface area (Å²) in [6.45, 7) is 6.57. The zero-order chi connectivity index (χ0) is 16.2. The molecule has 0 unspecified atom stereocenters. The Hall–Kier alpha value is -2.08. The van der Waals surface area contributed by atoms with Crippen molar-refractivity contribution in [1.82, 2.24) is 20.8 Å². The second-order valence-corrected chi connectivity index (χ2v) is 6.26. The van der Waals surface area contributed by atoms with E-state index in [-0.39, 0.29) is 5.54 Å². The number of hydrogen-bond donors (Lipinski definition) is 2. The summed E-state index contributed by atoms with van der Waals surface area (Å²) in [6.07, 6.45) is 0. The molecule has 0 aliphatic rings. The predicted octanol–water partition coefficient (Wildman–Crippen LogP) is 2.85. The van der Waals surface area contributed by atoms with E-state index in [1.165, 1.54) is 0 Å². The lowest BCUT2D eigenvalue weighted by Crippen LogP contribution is -2.47. The SMILES string of the molecule is CN=C(NCc1nc(-c2cccc(Cl)c2)no1)NC(C)(C)C. The van der Waals surface area contributed by atoms with Crippen LogP contribution in [0, 0.1) is 0 Å². The quantitative estimate of drug-likeness (QED) is 0.671. The highest BCUT2D eigenvalue weighted by Gasteiger charge is 2.13. The fourth-order valence-electron chi connectivity index (χ4n) is 1.77. The topological polar surface area (TPSA) is 75.3 Å². The van der Waals surface area contributed by atoms with E-state index in [1.807, 2.05) is 12.1 Å². The van der Waals surface area contributed by atoms with Crippen molar-refractivity contribution < 1.29 is 4.52 Å². The molecular formula is C15H20ClN5O. The van der Waals surface area contributed by atoms with E-state index in [9.17, 15) is 0 Å². The van der Waals surface area contributed by atoms with E-state index in [1.54, 1.807) is 19.2 Å². The number of guanidine groups is 1. The van der Waals surface area contributed by atoms with E-state index in [0.29, 0.717) is 29.2 Å². The minimum atomic E-state index is -0.0807. The van der Waals surface area contributed by atoms with Gasteiger partial charge in [0.1, 0.15) is 0 Å². The first-order valence-corrected chi connectivity index (χ1v) is 7.32. The van der Waals surface area contributed by atoms with Gasteiger partial charge in [-0.2, -0.15) is 4.98 Å². The van der Waals surface area contributed by atoms with Gasteiger partial charge in [-0.25, -0.2) is 0 Å². The standard InChI is InChI=1S/C15H20ClN5O/c1-15(2,3)20-14(17-4)18-9-12-19-13(21-22-12)10-6-5-7-11(16)8-10/h5-8H,9H2,1-4H3,(H2,17,18,20). The fourth-order valence-corrected chi connectivity index (χ4v) is 1.96. The number of nitrogens with one attached hydrogen (secondary N) is 2. The van der Waals surface area contributed by atoms with Crippen molar-refractivity contribution >= 4 is 17.6 Å². The number of rotatable bonds is 3. The summed E-state index contributed by atoms with van der Waals surface area (Å²) in [5.41, 5.74) is 0.738. The van der Waals surface area contributed by atoms with Gasteiger partial charge >= 0.3 is 0 Å². The smallest absolute Gasteiger partial charge is 0.246 e. The Morgan fingerprint density at radius 2 is 2.14 bits per heavy atom. The number of benzene rings is 1. The fraction of sp³-hybridized carbons (Fsp3) is 0.400. The van der Waals surface area contributed by atoms with Crippen molar-refractivity contribution in [2.75, 3.05) is 7.05 Å². The van der Waals surface area contributed by atoms with Gasteiger partial charge in [0, 0.05) is 23.2 Å². The number of hydrogen-bond acceptors (Lipinski definition) is 4. The Bertz CT molecular complexity index is 660. The molecule has 0 aliphatic carbocycles. The van der Waals surface area contributed by atoms with Crippen molar-refractivity contribution in [2.24, 2.45) is 4.99 Å². The number of nitrogens with zero attached hydrogens (tertiary/aromatic N) is 3. The molecule has 0 fully saturated rings. The Morgan fingerprint density at radius 3 is 2.77 bits per heavy atom. The number of aliphatic imine (C=N–C) groups is 1. The molecule has 22 heavy (non-hydrogen) atoms. The molecular weight excluding hydrogens is 302 g/mol. The molecule has 1 aromatic carbocycles. The van der Waals surface area contributed by atoms with Gasteiger partial charge in [-0.1, -0.05) is 28.9 Å². The lowest BCUT2D eigenvalue weighted by molar-refractivity contribution is 0.374. The van der Waals surface area contributed by atoms with Crippen LogP contribution in [0.4, 0.5) is 0 Å². The van der Waals surface area contributed by atoms with Crippen LogP contribution < -0.4 is 10.6 Å². The maximum atomic E-state index is 5.96. The van der Waals surface area contributed by atoms with Crippen LogP contribution in [0.3, 0.4) is 0 Å². The summed E-state index contributed by atoms with van der Waals surface area (Å²) < 4.78 is 5.23. The van der Waals surface area contributed by atoms with Crippen LogP contribution in [0.2, 0.25) is 5.02 Å². The molecule has 2 N–H and O–H groups in total. The molecule has 0 spiro atoms. The van der Waals surface area contributed by atoms with E-state index in [2.05, 4.69) is 46.5 Å². The molecule has 2 rings (SSSR count). The Labute approximate surface area is 135 Å². The molecule has 1 heterocycles. The second-order valence-electron chi connectivity index (χ2n) is 5.82. The summed E-state index contributed by atoms with van der Waals surface area (Å²) in [6, 6.07) is 7.33. The molecule has 0 atom stereocenters. The summed E-state index contributed by atoms with van der Waals surface area (Å²) in [5, 5.41) is 11.0. The highest BCUT2D eigenvalue weighted by molar-refractivity contribution is 6.30. The predicted molar refractivity (Wildman–Crippen MR) is 87.8 cm³/mol. The summed E-state index contributed by atoms with van der Waals surface area (Å²) in [5.74, 6) is 1.67. The molecule has 0 radical (unpaired) electrons. The molecule has 0 aliphatic heterocycles. The van der Waals surface area contributed by atoms with Crippen LogP contribution in [-0.4, -0.2) is 28.7 Å². The summed E-state index contributed by atoms with van der Waals surface area (Å²) in [4.78, 5) is 8.49. The molecule has 7 heteroatoms. The maximum Gasteiger partial charge on any atom is 0.246 e. The van der Waals surface area contributed by atoms with Gasteiger partial charge < -0.3 is 15.2 Å². The maximum absolute atomic E-state index is 5.96. The first-order chi connectivity index (χ1) is 10.4. The molecule has 6 nitrogen and oxygen atoms in total. The highest BCUT2D eigenvalue weighted by atomic mass is 35.5. The van der Waals surface area contributed by atoms with E-state index in [4.69, 9.17) is 16.1 Å². The second kappa shape index (κ2) is 6.79. The van der Waals surface area contributed by atoms with Gasteiger partial charge in [-0.3, -0.25) is 4.99 Å². The monoisotopic (exact) mass is 321 g/mol. The number of aromatic nitrogens is 2. The van der Waals surface area contributed by atoms with Crippen LogP contribution in [0.25, 0.3) is 11.4 Å². The lowest BCUT2D eigenvalue weighted by Gasteiger charge is -2.23. The van der Waals surface area contributed by atoms with Gasteiger partial charge in [-0.15, -0.1) is 0 Å². The molecule has 0 bridgehead atoms. The molecule has 0 amide bonds. The van der Waals surface area contributed by atoms with Crippen molar-refractivity contribution in [1.29, 1.82) is 0 Å². The van der Waals surface area contributed by atoms with Gasteiger partial charge in [0.25, 0.3) is 0 Å². The van der Waals surface area contributed by atoms with Crippen molar-refractivity contribution in [3.8, 4) is 11.4 Å². The first-order valence-electron chi connectivity index (χ1n) is 6.95. The lowest BCUT2D eigenvalue weighted by atomic mass is 10.1. The van der Waals surface area contributed by atoms with E-state index in [0.717, 1.165) is 5.56 Å². The molecule has 1 aromatic heterocycles. The third-order valence-electron chi connectivity index (χ3n) is 2.67. The van der Waals surface area contributed by atoms with Gasteiger partial charge in [0.15, 0.2) is 5.96 Å². The van der Waals surface area contributed by atoms with Crippen LogP contribution in [0.15, 0.2) is 33.8 Å². The minimum Gasteiger partial charge on any atom is -0.352 e. The van der Waals surface area contributed by atoms with Gasteiger partial charge in [-0.05, 0) is 32.9 Å². The number of halogens is 1. The zero-order valence-electron chi connectivity index (χ0n) is 13.1. The Balaban J connectivity index is 2.01. The van der Waals surface area contributed by atoms with Crippen LogP contribution >= 0.6 is 11.6 Å². The molecule has 118 valence electrons. The average Bonchev–Trinajstić information content (AvgIpc) is 2.91. The Kier molecular flexibility index (Phi) is 5.03. The van der Waals surface area contributed by atoms with Crippen molar-refractivity contribution in [2.45, 2.75) is 32.9 Å². The van der Waals surface area contributed by atoms with Crippen LogP contribution in [0.5, 0.6) is 0 Å². The summed E-state index contributed by atoms with van der Waals surface area (Å²) in [7, 11) is 1.71. The van der Waals surface area contributed by atoms with Crippen LogP contribution in [-0.2, 0) is 6.54 Å². The third kappa shape index (κ3) is 4.73. The largest absolute Gasteiger partial charge is 0.352 e. The highest BCUT2D eigenvalue weighted by Crippen LogP contribution is 2.19. The summed E-state index contributed by atoms with van der Waals surface area (Å²) >= 11 is 5.96. The van der Waals surface area contributed by atoms with Crippen molar-refractivity contribution in [3.63, 3.8) is 0 Å². The molecule has 2 aromatic rings. The van der Waals surface area contributed by atoms with Crippen molar-refractivity contribution in [3.05, 3.63) is 35.2 Å². The molecule has 0 saturated heterocycles.